The monoisotopic (exact) mass is 389 g/mol. The molecule has 148 valence electrons. The number of amides is 1. The first-order valence-electron chi connectivity index (χ1n) is 9.88. The van der Waals surface area contributed by atoms with Gasteiger partial charge in [-0.05, 0) is 48.7 Å². The summed E-state index contributed by atoms with van der Waals surface area (Å²) in [7, 11) is 0. The zero-order chi connectivity index (χ0) is 20.2. The molecule has 1 aliphatic rings. The van der Waals surface area contributed by atoms with Gasteiger partial charge in [0.15, 0.2) is 0 Å². The molecule has 5 heteroatoms. The first-order valence-corrected chi connectivity index (χ1v) is 9.88. The van der Waals surface area contributed by atoms with Crippen LogP contribution in [0.25, 0.3) is 11.1 Å². The van der Waals surface area contributed by atoms with Gasteiger partial charge in [-0.25, -0.2) is 4.39 Å². The Morgan fingerprint density at radius 2 is 1.83 bits per heavy atom. The van der Waals surface area contributed by atoms with E-state index < -0.39 is 0 Å². The minimum Gasteiger partial charge on any atom is -0.368 e. The van der Waals surface area contributed by atoms with Gasteiger partial charge in [-0.2, -0.15) is 0 Å². The number of anilines is 2. The van der Waals surface area contributed by atoms with Crippen molar-refractivity contribution in [1.29, 1.82) is 0 Å². The summed E-state index contributed by atoms with van der Waals surface area (Å²) in [6.07, 6.45) is 2.06. The highest BCUT2D eigenvalue weighted by atomic mass is 19.1. The van der Waals surface area contributed by atoms with Gasteiger partial charge in [-0.15, -0.1) is 0 Å². The van der Waals surface area contributed by atoms with Crippen molar-refractivity contribution in [3.8, 4) is 11.1 Å². The molecule has 1 aliphatic heterocycles. The normalized spacial score (nSPS) is 16.5. The molecule has 0 aliphatic carbocycles. The van der Waals surface area contributed by atoms with Crippen LogP contribution in [0.1, 0.15) is 23.2 Å². The van der Waals surface area contributed by atoms with E-state index in [0.29, 0.717) is 16.7 Å². The van der Waals surface area contributed by atoms with Crippen molar-refractivity contribution in [3.63, 3.8) is 0 Å². The van der Waals surface area contributed by atoms with E-state index in [1.807, 2.05) is 24.3 Å². The van der Waals surface area contributed by atoms with Crippen LogP contribution in [0.15, 0.2) is 72.8 Å². The maximum absolute atomic E-state index is 14.1. The average molecular weight is 389 g/mol. The summed E-state index contributed by atoms with van der Waals surface area (Å²) in [6, 6.07) is 21.5. The van der Waals surface area contributed by atoms with Crippen molar-refractivity contribution in [2.24, 2.45) is 5.73 Å². The van der Waals surface area contributed by atoms with Gasteiger partial charge in [0.1, 0.15) is 5.82 Å². The third kappa shape index (κ3) is 4.30. The van der Waals surface area contributed by atoms with Crippen molar-refractivity contribution >= 4 is 17.3 Å². The highest BCUT2D eigenvalue weighted by Gasteiger charge is 2.20. The van der Waals surface area contributed by atoms with Crippen molar-refractivity contribution in [1.82, 2.24) is 0 Å². The van der Waals surface area contributed by atoms with E-state index in [2.05, 4.69) is 10.2 Å². The van der Waals surface area contributed by atoms with E-state index in [1.54, 1.807) is 42.5 Å². The predicted octanol–water partition coefficient (Wildman–Crippen LogP) is 4.67. The Morgan fingerprint density at radius 3 is 2.66 bits per heavy atom. The van der Waals surface area contributed by atoms with Crippen LogP contribution < -0.4 is 16.0 Å². The second-order valence-corrected chi connectivity index (χ2v) is 7.38. The zero-order valence-corrected chi connectivity index (χ0v) is 16.1. The van der Waals surface area contributed by atoms with Crippen molar-refractivity contribution in [3.05, 3.63) is 84.2 Å². The molecule has 0 saturated carbocycles. The second-order valence-electron chi connectivity index (χ2n) is 7.38. The standard InChI is InChI=1S/C24H24FN3O/c25-21-11-2-1-10-20(21)17-7-5-8-18(15-17)24(29)27-22-12-3-4-13-23(22)28-14-6-9-19(26)16-28/h1-5,7-8,10-13,15,19H,6,9,14,16,26H2,(H,27,29). The van der Waals surface area contributed by atoms with E-state index in [1.165, 1.54) is 6.07 Å². The van der Waals surface area contributed by atoms with Crippen molar-refractivity contribution in [2.45, 2.75) is 18.9 Å². The Kier molecular flexibility index (Phi) is 5.58. The maximum atomic E-state index is 14.1. The second kappa shape index (κ2) is 8.45. The van der Waals surface area contributed by atoms with E-state index in [9.17, 15) is 9.18 Å². The van der Waals surface area contributed by atoms with E-state index in [-0.39, 0.29) is 17.8 Å². The third-order valence-corrected chi connectivity index (χ3v) is 5.26. The maximum Gasteiger partial charge on any atom is 0.255 e. The summed E-state index contributed by atoms with van der Waals surface area (Å²) < 4.78 is 14.1. The molecule has 4 nitrogen and oxygen atoms in total. The van der Waals surface area contributed by atoms with Gasteiger partial charge in [0.25, 0.3) is 5.91 Å². The van der Waals surface area contributed by atoms with Gasteiger partial charge in [-0.3, -0.25) is 4.79 Å². The number of rotatable bonds is 4. The molecule has 29 heavy (non-hydrogen) atoms. The number of carbonyl (C=O) groups excluding carboxylic acids is 1. The Bertz CT molecular complexity index is 1020. The van der Waals surface area contributed by atoms with Crippen LogP contribution in [0.2, 0.25) is 0 Å². The number of carbonyl (C=O) groups is 1. The molecule has 0 spiro atoms. The lowest BCUT2D eigenvalue weighted by molar-refractivity contribution is 0.102. The molecule has 1 saturated heterocycles. The van der Waals surface area contributed by atoms with E-state index >= 15 is 0 Å². The van der Waals surface area contributed by atoms with Crippen LogP contribution in [0.4, 0.5) is 15.8 Å². The lowest BCUT2D eigenvalue weighted by Crippen LogP contribution is -2.43. The largest absolute Gasteiger partial charge is 0.368 e. The Morgan fingerprint density at radius 1 is 1.03 bits per heavy atom. The molecule has 0 aromatic heterocycles. The smallest absolute Gasteiger partial charge is 0.255 e. The first-order chi connectivity index (χ1) is 14.1. The van der Waals surface area contributed by atoms with Gasteiger partial charge in [0.05, 0.1) is 11.4 Å². The van der Waals surface area contributed by atoms with Crippen LogP contribution in [0.3, 0.4) is 0 Å². The predicted molar refractivity (Wildman–Crippen MR) is 116 cm³/mol. The third-order valence-electron chi connectivity index (χ3n) is 5.26. The summed E-state index contributed by atoms with van der Waals surface area (Å²) in [5, 5.41) is 3.02. The first kappa shape index (κ1) is 19.2. The fourth-order valence-electron chi connectivity index (χ4n) is 3.80. The number of nitrogens with one attached hydrogen (secondary N) is 1. The van der Waals surface area contributed by atoms with Gasteiger partial charge in [0, 0.05) is 30.3 Å². The minimum absolute atomic E-state index is 0.143. The molecule has 3 aromatic carbocycles. The van der Waals surface area contributed by atoms with Crippen LogP contribution in [-0.2, 0) is 0 Å². The summed E-state index contributed by atoms with van der Waals surface area (Å²) in [6.45, 7) is 1.69. The number of nitrogens with two attached hydrogens (primary N) is 1. The summed E-state index contributed by atoms with van der Waals surface area (Å²) in [5.41, 5.74) is 9.49. The number of hydrogen-bond acceptors (Lipinski definition) is 3. The summed E-state index contributed by atoms with van der Waals surface area (Å²) >= 11 is 0. The van der Waals surface area contributed by atoms with Crippen LogP contribution in [-0.4, -0.2) is 25.0 Å². The molecule has 0 bridgehead atoms. The molecule has 1 heterocycles. The lowest BCUT2D eigenvalue weighted by Gasteiger charge is -2.33. The van der Waals surface area contributed by atoms with Gasteiger partial charge >= 0.3 is 0 Å². The van der Waals surface area contributed by atoms with Crippen molar-refractivity contribution in [2.75, 3.05) is 23.3 Å². The number of benzene rings is 3. The molecule has 0 radical (unpaired) electrons. The molecule has 1 unspecified atom stereocenters. The van der Waals surface area contributed by atoms with Crippen LogP contribution in [0.5, 0.6) is 0 Å². The molecular weight excluding hydrogens is 365 g/mol. The quantitative estimate of drug-likeness (QED) is 0.682. The Balaban J connectivity index is 1.58. The van der Waals surface area contributed by atoms with Gasteiger partial charge in [-0.1, -0.05) is 42.5 Å². The van der Waals surface area contributed by atoms with E-state index in [0.717, 1.165) is 37.3 Å². The molecule has 3 N–H and O–H groups in total. The highest BCUT2D eigenvalue weighted by Crippen LogP contribution is 2.29. The number of halogens is 1. The molecule has 1 atom stereocenters. The topological polar surface area (TPSA) is 58.4 Å². The van der Waals surface area contributed by atoms with Crippen LogP contribution >= 0.6 is 0 Å². The molecule has 3 aromatic rings. The summed E-state index contributed by atoms with van der Waals surface area (Å²) in [5.74, 6) is -0.534. The number of nitrogens with zero attached hydrogens (tertiary/aromatic N) is 1. The Hall–Kier alpha value is -3.18. The van der Waals surface area contributed by atoms with Crippen molar-refractivity contribution < 1.29 is 9.18 Å². The Labute approximate surface area is 170 Å². The molecular formula is C24H24FN3O. The molecule has 1 amide bonds. The number of para-hydroxylation sites is 2. The SMILES string of the molecule is NC1CCCN(c2ccccc2NC(=O)c2cccc(-c3ccccc3F)c2)C1. The fourth-order valence-corrected chi connectivity index (χ4v) is 3.80. The van der Waals surface area contributed by atoms with Gasteiger partial charge in [0.2, 0.25) is 0 Å². The summed E-state index contributed by atoms with van der Waals surface area (Å²) in [4.78, 5) is 15.2. The molecule has 4 rings (SSSR count). The van der Waals surface area contributed by atoms with E-state index in [4.69, 9.17) is 5.73 Å². The van der Waals surface area contributed by atoms with Gasteiger partial charge < -0.3 is 16.0 Å². The fraction of sp³-hybridized carbons (Fsp3) is 0.208. The molecule has 1 fully saturated rings. The average Bonchev–Trinajstić information content (AvgIpc) is 2.74. The highest BCUT2D eigenvalue weighted by molar-refractivity contribution is 6.06. The zero-order valence-electron chi connectivity index (χ0n) is 16.1. The minimum atomic E-state index is -0.308. The van der Waals surface area contributed by atoms with Crippen LogP contribution in [0, 0.1) is 5.82 Å². The lowest BCUT2D eigenvalue weighted by atomic mass is 10.0. The number of piperidine rings is 1. The number of hydrogen-bond donors (Lipinski definition) is 2.